The second-order valence-electron chi connectivity index (χ2n) is 6.81. The lowest BCUT2D eigenvalue weighted by molar-refractivity contribution is 0.0941. The standard InChI is InChI=1S/C20H21N5O2/c26-18-11-17(24-16-7-2-1-6-15(16)18)19(27)23-12-14-5-3-10-25(13-14)20-21-8-4-9-22-20/h1-2,4,6-9,11,14H,3,5,10,12-13H2,(H,23,27)(H,24,26). The van der Waals surface area contributed by atoms with Crippen LogP contribution in [0.25, 0.3) is 10.9 Å². The highest BCUT2D eigenvalue weighted by Gasteiger charge is 2.22. The molecule has 1 saturated heterocycles. The zero-order chi connectivity index (χ0) is 18.6. The van der Waals surface area contributed by atoms with Gasteiger partial charge in [-0.1, -0.05) is 12.1 Å². The third-order valence-electron chi connectivity index (χ3n) is 4.89. The Kier molecular flexibility index (Phi) is 4.82. The van der Waals surface area contributed by atoms with Crippen LogP contribution >= 0.6 is 0 Å². The first-order chi connectivity index (χ1) is 13.2. The number of anilines is 1. The van der Waals surface area contributed by atoms with E-state index < -0.39 is 0 Å². The summed E-state index contributed by atoms with van der Waals surface area (Å²) < 4.78 is 0. The average Bonchev–Trinajstić information content (AvgIpc) is 2.73. The van der Waals surface area contributed by atoms with Crippen molar-refractivity contribution < 1.29 is 4.79 Å². The Hall–Kier alpha value is -3.22. The maximum atomic E-state index is 12.5. The van der Waals surface area contributed by atoms with Crippen LogP contribution in [0.5, 0.6) is 0 Å². The number of nitrogens with one attached hydrogen (secondary N) is 2. The van der Waals surface area contributed by atoms with Crippen LogP contribution in [0.3, 0.4) is 0 Å². The molecule has 1 amide bonds. The molecule has 4 rings (SSSR count). The maximum Gasteiger partial charge on any atom is 0.267 e. The molecule has 0 saturated carbocycles. The Bertz CT molecular complexity index is 1000. The molecule has 1 unspecified atom stereocenters. The highest BCUT2D eigenvalue weighted by Crippen LogP contribution is 2.19. The summed E-state index contributed by atoms with van der Waals surface area (Å²) in [5.74, 6) is 0.789. The Morgan fingerprint density at radius 1 is 1.22 bits per heavy atom. The molecule has 1 atom stereocenters. The topological polar surface area (TPSA) is 91.0 Å². The lowest BCUT2D eigenvalue weighted by Crippen LogP contribution is -2.41. The van der Waals surface area contributed by atoms with Crippen molar-refractivity contribution in [1.82, 2.24) is 20.3 Å². The summed E-state index contributed by atoms with van der Waals surface area (Å²) in [5, 5.41) is 3.54. The zero-order valence-electron chi connectivity index (χ0n) is 14.9. The number of hydrogen-bond donors (Lipinski definition) is 2. The monoisotopic (exact) mass is 363 g/mol. The van der Waals surface area contributed by atoms with E-state index in [0.717, 1.165) is 31.9 Å². The highest BCUT2D eigenvalue weighted by atomic mass is 16.2. The van der Waals surface area contributed by atoms with Crippen LogP contribution in [-0.2, 0) is 0 Å². The minimum atomic E-state index is -0.258. The lowest BCUT2D eigenvalue weighted by atomic mass is 9.98. The molecule has 27 heavy (non-hydrogen) atoms. The van der Waals surface area contributed by atoms with Crippen molar-refractivity contribution in [1.29, 1.82) is 0 Å². The number of amides is 1. The van der Waals surface area contributed by atoms with Gasteiger partial charge in [-0.25, -0.2) is 9.97 Å². The number of rotatable bonds is 4. The number of benzene rings is 1. The molecule has 0 bridgehead atoms. The first-order valence-electron chi connectivity index (χ1n) is 9.13. The van der Waals surface area contributed by atoms with Gasteiger partial charge in [0.25, 0.3) is 5.91 Å². The average molecular weight is 363 g/mol. The minimum absolute atomic E-state index is 0.153. The summed E-state index contributed by atoms with van der Waals surface area (Å²) in [5.41, 5.74) is 0.803. The molecule has 0 spiro atoms. The number of H-pyrrole nitrogens is 1. The Balaban J connectivity index is 1.41. The molecule has 3 aromatic rings. The fraction of sp³-hybridized carbons (Fsp3) is 0.300. The van der Waals surface area contributed by atoms with Gasteiger partial charge in [0.05, 0.1) is 0 Å². The lowest BCUT2D eigenvalue weighted by Gasteiger charge is -2.32. The van der Waals surface area contributed by atoms with Gasteiger partial charge in [-0.15, -0.1) is 0 Å². The third kappa shape index (κ3) is 3.81. The van der Waals surface area contributed by atoms with Crippen molar-refractivity contribution >= 4 is 22.8 Å². The van der Waals surface area contributed by atoms with E-state index in [4.69, 9.17) is 0 Å². The van der Waals surface area contributed by atoms with E-state index >= 15 is 0 Å². The number of hydrogen-bond acceptors (Lipinski definition) is 5. The number of piperidine rings is 1. The molecule has 1 aliphatic rings. The van der Waals surface area contributed by atoms with Crippen LogP contribution in [0.1, 0.15) is 23.3 Å². The van der Waals surface area contributed by atoms with Gasteiger partial charge < -0.3 is 15.2 Å². The summed E-state index contributed by atoms with van der Waals surface area (Å²) in [7, 11) is 0. The number of nitrogens with zero attached hydrogens (tertiary/aromatic N) is 3. The fourth-order valence-corrected chi connectivity index (χ4v) is 3.52. The first-order valence-corrected chi connectivity index (χ1v) is 9.13. The van der Waals surface area contributed by atoms with E-state index in [9.17, 15) is 9.59 Å². The van der Waals surface area contributed by atoms with Crippen molar-refractivity contribution in [3.8, 4) is 0 Å². The number of aromatic amines is 1. The summed E-state index contributed by atoms with van der Waals surface area (Å²) >= 11 is 0. The number of pyridine rings is 1. The number of para-hydroxylation sites is 1. The van der Waals surface area contributed by atoms with Crippen molar-refractivity contribution in [3.63, 3.8) is 0 Å². The number of fused-ring (bicyclic) bond motifs is 1. The van der Waals surface area contributed by atoms with Crippen molar-refractivity contribution in [3.05, 3.63) is 64.7 Å². The zero-order valence-corrected chi connectivity index (χ0v) is 14.9. The molecular weight excluding hydrogens is 342 g/mol. The fourth-order valence-electron chi connectivity index (χ4n) is 3.52. The van der Waals surface area contributed by atoms with E-state index in [2.05, 4.69) is 25.2 Å². The van der Waals surface area contributed by atoms with E-state index in [0.29, 0.717) is 23.4 Å². The van der Waals surface area contributed by atoms with Crippen LogP contribution in [0.4, 0.5) is 5.95 Å². The van der Waals surface area contributed by atoms with E-state index in [1.165, 1.54) is 6.07 Å². The first kappa shape index (κ1) is 17.2. The van der Waals surface area contributed by atoms with Crippen LogP contribution in [0, 0.1) is 5.92 Å². The normalized spacial score (nSPS) is 17.0. The van der Waals surface area contributed by atoms with Crippen LogP contribution in [0.2, 0.25) is 0 Å². The largest absolute Gasteiger partial charge is 0.350 e. The summed E-state index contributed by atoms with van der Waals surface area (Å²) in [6.07, 6.45) is 5.55. The molecule has 7 nitrogen and oxygen atoms in total. The molecule has 3 heterocycles. The van der Waals surface area contributed by atoms with Crippen molar-refractivity contribution in [2.24, 2.45) is 5.92 Å². The predicted octanol–water partition coefficient (Wildman–Crippen LogP) is 1.96. The van der Waals surface area contributed by atoms with Gasteiger partial charge in [0.1, 0.15) is 5.69 Å². The molecule has 1 aliphatic heterocycles. The Morgan fingerprint density at radius 2 is 2.04 bits per heavy atom. The second-order valence-corrected chi connectivity index (χ2v) is 6.81. The van der Waals surface area contributed by atoms with Crippen molar-refractivity contribution in [2.75, 3.05) is 24.5 Å². The van der Waals surface area contributed by atoms with Gasteiger partial charge in [-0.2, -0.15) is 0 Å². The van der Waals surface area contributed by atoms with Crippen LogP contribution in [-0.4, -0.2) is 40.5 Å². The van der Waals surface area contributed by atoms with E-state index in [1.807, 2.05) is 12.1 Å². The molecule has 0 radical (unpaired) electrons. The van der Waals surface area contributed by atoms with Crippen LogP contribution in [0.15, 0.2) is 53.6 Å². The van der Waals surface area contributed by atoms with E-state index in [-0.39, 0.29) is 17.0 Å². The molecule has 2 aromatic heterocycles. The third-order valence-corrected chi connectivity index (χ3v) is 4.89. The molecule has 138 valence electrons. The smallest absolute Gasteiger partial charge is 0.267 e. The molecule has 0 aliphatic carbocycles. The highest BCUT2D eigenvalue weighted by molar-refractivity contribution is 5.94. The molecule has 7 heteroatoms. The van der Waals surface area contributed by atoms with Gasteiger partial charge >= 0.3 is 0 Å². The van der Waals surface area contributed by atoms with Gasteiger partial charge in [0, 0.05) is 49.0 Å². The Labute approximate surface area is 156 Å². The summed E-state index contributed by atoms with van der Waals surface area (Å²) in [6, 6.07) is 10.4. The number of aromatic nitrogens is 3. The molecule has 2 N–H and O–H groups in total. The molecule has 1 aromatic carbocycles. The predicted molar refractivity (Wildman–Crippen MR) is 104 cm³/mol. The SMILES string of the molecule is O=C(NCC1CCCN(c2ncccn2)C1)c1cc(=O)c2ccccc2[nH]1. The Morgan fingerprint density at radius 3 is 2.89 bits per heavy atom. The van der Waals surface area contributed by atoms with Gasteiger partial charge in [0.15, 0.2) is 5.43 Å². The minimum Gasteiger partial charge on any atom is -0.350 e. The van der Waals surface area contributed by atoms with Crippen molar-refractivity contribution in [2.45, 2.75) is 12.8 Å². The summed E-state index contributed by atoms with van der Waals surface area (Å²) in [6.45, 7) is 2.28. The van der Waals surface area contributed by atoms with Gasteiger partial charge in [-0.05, 0) is 37.0 Å². The van der Waals surface area contributed by atoms with Crippen LogP contribution < -0.4 is 15.6 Å². The molecule has 1 fully saturated rings. The number of carbonyl (C=O) groups excluding carboxylic acids is 1. The van der Waals surface area contributed by atoms with Gasteiger partial charge in [-0.3, -0.25) is 9.59 Å². The van der Waals surface area contributed by atoms with Gasteiger partial charge in [0.2, 0.25) is 5.95 Å². The summed E-state index contributed by atoms with van der Waals surface area (Å²) in [4.78, 5) is 38.5. The second kappa shape index (κ2) is 7.57. The maximum absolute atomic E-state index is 12.5. The molecular formula is C20H21N5O2. The van der Waals surface area contributed by atoms with E-state index in [1.54, 1.807) is 30.6 Å². The quantitative estimate of drug-likeness (QED) is 0.739. The number of carbonyl (C=O) groups is 1.